The standard InChI is InChI=1S/C13H15N3O2/c14-13-15-11-4-2-1-3-10(11)12(17)16(13)9-5-7-18-8-6-9/h1-4,9H,5-8H2,(H2,14,15). The number of ether oxygens (including phenoxy) is 1. The number of nitrogens with zero attached hydrogens (tertiary/aromatic N) is 2. The lowest BCUT2D eigenvalue weighted by atomic mass is 10.1. The van der Waals surface area contributed by atoms with Crippen molar-refractivity contribution in [3.8, 4) is 0 Å². The molecule has 0 bridgehead atoms. The van der Waals surface area contributed by atoms with Crippen LogP contribution in [-0.2, 0) is 4.74 Å². The Balaban J connectivity index is 2.19. The van der Waals surface area contributed by atoms with Crippen LogP contribution in [-0.4, -0.2) is 22.8 Å². The lowest BCUT2D eigenvalue weighted by Gasteiger charge is -2.25. The molecular weight excluding hydrogens is 230 g/mol. The monoisotopic (exact) mass is 245 g/mol. The molecule has 1 aromatic heterocycles. The van der Waals surface area contributed by atoms with Crippen LogP contribution in [0, 0.1) is 0 Å². The maximum Gasteiger partial charge on any atom is 0.263 e. The lowest BCUT2D eigenvalue weighted by molar-refractivity contribution is 0.0692. The van der Waals surface area contributed by atoms with Gasteiger partial charge in [-0.3, -0.25) is 9.36 Å². The first-order valence-electron chi connectivity index (χ1n) is 6.12. The van der Waals surface area contributed by atoms with Gasteiger partial charge < -0.3 is 10.5 Å². The summed E-state index contributed by atoms with van der Waals surface area (Å²) in [7, 11) is 0. The Morgan fingerprint density at radius 3 is 2.78 bits per heavy atom. The third kappa shape index (κ3) is 1.76. The number of fused-ring (bicyclic) bond motifs is 1. The van der Waals surface area contributed by atoms with Crippen molar-refractivity contribution in [3.05, 3.63) is 34.6 Å². The second-order valence-corrected chi connectivity index (χ2v) is 4.51. The molecule has 18 heavy (non-hydrogen) atoms. The minimum absolute atomic E-state index is 0.0509. The second-order valence-electron chi connectivity index (χ2n) is 4.51. The molecular formula is C13H15N3O2. The van der Waals surface area contributed by atoms with E-state index in [1.54, 1.807) is 16.7 Å². The van der Waals surface area contributed by atoms with E-state index in [9.17, 15) is 4.79 Å². The van der Waals surface area contributed by atoms with Crippen LogP contribution in [0.4, 0.5) is 5.95 Å². The van der Waals surface area contributed by atoms with Gasteiger partial charge in [0.1, 0.15) is 0 Å². The molecule has 2 aromatic rings. The van der Waals surface area contributed by atoms with Gasteiger partial charge in [-0.15, -0.1) is 0 Å². The number of nitrogen functional groups attached to an aromatic ring is 1. The highest BCUT2D eigenvalue weighted by molar-refractivity contribution is 5.78. The minimum atomic E-state index is -0.0509. The van der Waals surface area contributed by atoms with Gasteiger partial charge in [0.2, 0.25) is 5.95 Å². The smallest absolute Gasteiger partial charge is 0.263 e. The highest BCUT2D eigenvalue weighted by Crippen LogP contribution is 2.22. The van der Waals surface area contributed by atoms with Crippen LogP contribution in [0.25, 0.3) is 10.9 Å². The summed E-state index contributed by atoms with van der Waals surface area (Å²) in [6.45, 7) is 1.34. The third-order valence-corrected chi connectivity index (χ3v) is 3.39. The van der Waals surface area contributed by atoms with E-state index in [0.717, 1.165) is 12.8 Å². The molecule has 0 atom stereocenters. The second kappa shape index (κ2) is 4.42. The van der Waals surface area contributed by atoms with Gasteiger partial charge in [0.05, 0.1) is 10.9 Å². The number of benzene rings is 1. The van der Waals surface area contributed by atoms with Gasteiger partial charge in [0.25, 0.3) is 5.56 Å². The Hall–Kier alpha value is -1.88. The van der Waals surface area contributed by atoms with Crippen molar-refractivity contribution in [1.29, 1.82) is 0 Å². The van der Waals surface area contributed by atoms with Crippen LogP contribution in [0.2, 0.25) is 0 Å². The van der Waals surface area contributed by atoms with Crippen molar-refractivity contribution in [2.75, 3.05) is 18.9 Å². The van der Waals surface area contributed by atoms with E-state index in [4.69, 9.17) is 10.5 Å². The zero-order valence-corrected chi connectivity index (χ0v) is 10.0. The van der Waals surface area contributed by atoms with Crippen molar-refractivity contribution in [2.45, 2.75) is 18.9 Å². The quantitative estimate of drug-likeness (QED) is 0.822. The van der Waals surface area contributed by atoms with Crippen molar-refractivity contribution < 1.29 is 4.74 Å². The van der Waals surface area contributed by atoms with Crippen molar-refractivity contribution in [1.82, 2.24) is 9.55 Å². The van der Waals surface area contributed by atoms with Gasteiger partial charge in [0, 0.05) is 19.3 Å². The third-order valence-electron chi connectivity index (χ3n) is 3.39. The highest BCUT2D eigenvalue weighted by Gasteiger charge is 2.20. The first-order valence-corrected chi connectivity index (χ1v) is 6.12. The lowest BCUT2D eigenvalue weighted by Crippen LogP contribution is -2.31. The Kier molecular flexibility index (Phi) is 2.76. The maximum absolute atomic E-state index is 12.5. The van der Waals surface area contributed by atoms with Crippen molar-refractivity contribution in [3.63, 3.8) is 0 Å². The van der Waals surface area contributed by atoms with Crippen LogP contribution in [0.3, 0.4) is 0 Å². The van der Waals surface area contributed by atoms with E-state index in [1.165, 1.54) is 0 Å². The molecule has 0 saturated carbocycles. The van der Waals surface area contributed by atoms with Crippen LogP contribution in [0.5, 0.6) is 0 Å². The Bertz CT molecular complexity index is 630. The zero-order valence-electron chi connectivity index (χ0n) is 10.0. The molecule has 0 aliphatic carbocycles. The van der Waals surface area contributed by atoms with E-state index in [-0.39, 0.29) is 11.6 Å². The minimum Gasteiger partial charge on any atom is -0.381 e. The molecule has 0 amide bonds. The normalized spacial score (nSPS) is 17.1. The van der Waals surface area contributed by atoms with E-state index in [1.807, 2.05) is 12.1 Å². The molecule has 0 spiro atoms. The number of hydrogen-bond acceptors (Lipinski definition) is 4. The van der Waals surface area contributed by atoms with Crippen LogP contribution in [0.1, 0.15) is 18.9 Å². The molecule has 1 saturated heterocycles. The Morgan fingerprint density at radius 1 is 1.28 bits per heavy atom. The highest BCUT2D eigenvalue weighted by atomic mass is 16.5. The predicted molar refractivity (Wildman–Crippen MR) is 69.5 cm³/mol. The summed E-state index contributed by atoms with van der Waals surface area (Å²) in [5.74, 6) is 0.297. The van der Waals surface area contributed by atoms with Gasteiger partial charge >= 0.3 is 0 Å². The molecule has 0 radical (unpaired) electrons. The first kappa shape index (κ1) is 11.2. The number of nitrogens with two attached hydrogens (primary N) is 1. The van der Waals surface area contributed by atoms with Crippen LogP contribution >= 0.6 is 0 Å². The zero-order chi connectivity index (χ0) is 12.5. The number of aromatic nitrogens is 2. The van der Waals surface area contributed by atoms with Gasteiger partial charge in [-0.2, -0.15) is 0 Å². The summed E-state index contributed by atoms with van der Waals surface area (Å²) in [4.78, 5) is 16.8. The number of hydrogen-bond donors (Lipinski definition) is 1. The summed E-state index contributed by atoms with van der Waals surface area (Å²) in [6.07, 6.45) is 1.62. The molecule has 1 fully saturated rings. The fraction of sp³-hybridized carbons (Fsp3) is 0.385. The van der Waals surface area contributed by atoms with Gasteiger partial charge in [-0.05, 0) is 25.0 Å². The van der Waals surface area contributed by atoms with Gasteiger partial charge in [-0.25, -0.2) is 4.98 Å². The fourth-order valence-corrected chi connectivity index (χ4v) is 2.46. The van der Waals surface area contributed by atoms with Crippen LogP contribution < -0.4 is 11.3 Å². The van der Waals surface area contributed by atoms with E-state index < -0.39 is 0 Å². The van der Waals surface area contributed by atoms with E-state index >= 15 is 0 Å². The molecule has 3 rings (SSSR count). The number of para-hydroxylation sites is 1. The predicted octanol–water partition coefficient (Wildman–Crippen LogP) is 1.33. The molecule has 1 aromatic carbocycles. The fourth-order valence-electron chi connectivity index (χ4n) is 2.46. The van der Waals surface area contributed by atoms with Crippen LogP contribution in [0.15, 0.2) is 29.1 Å². The molecule has 5 nitrogen and oxygen atoms in total. The molecule has 1 aliphatic rings. The molecule has 0 unspecified atom stereocenters. The molecule has 2 heterocycles. The number of anilines is 1. The topological polar surface area (TPSA) is 70.1 Å². The van der Waals surface area contributed by atoms with Crippen molar-refractivity contribution >= 4 is 16.9 Å². The molecule has 5 heteroatoms. The SMILES string of the molecule is Nc1nc2ccccc2c(=O)n1C1CCOCC1. The maximum atomic E-state index is 12.5. The molecule has 94 valence electrons. The van der Waals surface area contributed by atoms with E-state index in [0.29, 0.717) is 30.1 Å². The Labute approximate surface area is 104 Å². The summed E-state index contributed by atoms with van der Waals surface area (Å²) in [5.41, 5.74) is 6.53. The summed E-state index contributed by atoms with van der Waals surface area (Å²) >= 11 is 0. The number of rotatable bonds is 1. The Morgan fingerprint density at radius 2 is 2.00 bits per heavy atom. The first-order chi connectivity index (χ1) is 8.77. The molecule has 1 aliphatic heterocycles. The summed E-state index contributed by atoms with van der Waals surface area (Å²) in [6, 6.07) is 7.40. The molecule has 2 N–H and O–H groups in total. The van der Waals surface area contributed by atoms with E-state index in [2.05, 4.69) is 4.98 Å². The average molecular weight is 245 g/mol. The summed E-state index contributed by atoms with van der Waals surface area (Å²) in [5, 5.41) is 0.623. The van der Waals surface area contributed by atoms with Gasteiger partial charge in [-0.1, -0.05) is 12.1 Å². The average Bonchev–Trinajstić information content (AvgIpc) is 2.40. The van der Waals surface area contributed by atoms with Crippen molar-refractivity contribution in [2.24, 2.45) is 0 Å². The largest absolute Gasteiger partial charge is 0.381 e. The van der Waals surface area contributed by atoms with Gasteiger partial charge in [0.15, 0.2) is 0 Å². The summed E-state index contributed by atoms with van der Waals surface area (Å²) < 4.78 is 6.93.